The summed E-state index contributed by atoms with van der Waals surface area (Å²) in [6, 6.07) is 3.88. The van der Waals surface area contributed by atoms with Gasteiger partial charge >= 0.3 is 0 Å². The number of nitrogens with zero attached hydrogens (tertiary/aromatic N) is 3. The quantitative estimate of drug-likeness (QED) is 0.812. The molecule has 2 heterocycles. The van der Waals surface area contributed by atoms with Crippen LogP contribution in [0.15, 0.2) is 35.5 Å². The fraction of sp³-hybridized carbons (Fsp3) is 0.273. The summed E-state index contributed by atoms with van der Waals surface area (Å²) in [7, 11) is 0. The largest absolute Gasteiger partial charge is 0.394 e. The lowest BCUT2D eigenvalue weighted by Crippen LogP contribution is -2.19. The maximum absolute atomic E-state index is 11.8. The van der Waals surface area contributed by atoms with Crippen LogP contribution in [0.2, 0.25) is 0 Å². The first-order valence-electron chi connectivity index (χ1n) is 5.27. The second-order valence-corrected chi connectivity index (χ2v) is 4.05. The predicted octanol–water partition coefficient (Wildman–Crippen LogP) is 0.951. The number of hydrogen-bond acceptors (Lipinski definition) is 3. The summed E-state index contributed by atoms with van der Waals surface area (Å²) in [5.41, 5.74) is 6.40. The van der Waals surface area contributed by atoms with E-state index in [0.717, 1.165) is 5.69 Å². The molecule has 0 aromatic carbocycles. The fourth-order valence-corrected chi connectivity index (χ4v) is 1.71. The molecule has 16 heavy (non-hydrogen) atoms. The molecule has 3 rings (SSSR count). The van der Waals surface area contributed by atoms with E-state index >= 15 is 0 Å². The Kier molecular flexibility index (Phi) is 1.86. The smallest absolute Gasteiger partial charge is 0.278 e. The monoisotopic (exact) mass is 216 g/mol. The third-order valence-electron chi connectivity index (χ3n) is 2.76. The van der Waals surface area contributed by atoms with Crippen LogP contribution >= 0.6 is 0 Å². The predicted molar refractivity (Wildman–Crippen MR) is 60.5 cm³/mol. The second-order valence-electron chi connectivity index (χ2n) is 4.05. The Labute approximate surface area is 92.1 Å². The van der Waals surface area contributed by atoms with E-state index in [0.29, 0.717) is 6.04 Å². The standard InChI is InChI=1S/C11H12N4O/c12-10-2-1-5-14(11(10)16)9-6-13-15(7-9)8-3-4-8/h1-2,5-8H,3-4,12H2. The molecule has 2 aromatic rings. The van der Waals surface area contributed by atoms with E-state index < -0.39 is 0 Å². The highest BCUT2D eigenvalue weighted by Crippen LogP contribution is 2.34. The highest BCUT2D eigenvalue weighted by Gasteiger charge is 2.24. The van der Waals surface area contributed by atoms with Gasteiger partial charge < -0.3 is 5.73 Å². The van der Waals surface area contributed by atoms with Gasteiger partial charge in [-0.2, -0.15) is 5.10 Å². The van der Waals surface area contributed by atoms with Gasteiger partial charge in [0.05, 0.1) is 23.6 Å². The molecule has 82 valence electrons. The summed E-state index contributed by atoms with van der Waals surface area (Å²) >= 11 is 0. The van der Waals surface area contributed by atoms with Crippen molar-refractivity contribution < 1.29 is 0 Å². The summed E-state index contributed by atoms with van der Waals surface area (Å²) in [4.78, 5) is 11.8. The van der Waals surface area contributed by atoms with Crippen molar-refractivity contribution in [3.05, 3.63) is 41.1 Å². The molecule has 0 aliphatic heterocycles. The van der Waals surface area contributed by atoms with E-state index in [1.54, 1.807) is 24.5 Å². The van der Waals surface area contributed by atoms with Gasteiger partial charge in [-0.15, -0.1) is 0 Å². The Morgan fingerprint density at radius 2 is 2.25 bits per heavy atom. The molecule has 0 atom stereocenters. The molecule has 1 saturated carbocycles. The zero-order valence-electron chi connectivity index (χ0n) is 8.71. The van der Waals surface area contributed by atoms with Gasteiger partial charge in [-0.25, -0.2) is 0 Å². The molecule has 5 nitrogen and oxygen atoms in total. The maximum Gasteiger partial charge on any atom is 0.278 e. The molecule has 2 aromatic heterocycles. The van der Waals surface area contributed by atoms with Crippen LogP contribution in [0.1, 0.15) is 18.9 Å². The lowest BCUT2D eigenvalue weighted by Gasteiger charge is -2.02. The van der Waals surface area contributed by atoms with Crippen molar-refractivity contribution >= 4 is 5.69 Å². The number of nitrogens with two attached hydrogens (primary N) is 1. The van der Waals surface area contributed by atoms with Crippen LogP contribution in [-0.2, 0) is 0 Å². The number of rotatable bonds is 2. The zero-order valence-corrected chi connectivity index (χ0v) is 8.71. The first kappa shape index (κ1) is 9.21. The Balaban J connectivity index is 2.07. The van der Waals surface area contributed by atoms with E-state index in [9.17, 15) is 4.79 Å². The number of hydrogen-bond donors (Lipinski definition) is 1. The molecule has 1 aliphatic carbocycles. The van der Waals surface area contributed by atoms with E-state index in [-0.39, 0.29) is 11.2 Å². The lowest BCUT2D eigenvalue weighted by atomic mass is 10.4. The first-order valence-corrected chi connectivity index (χ1v) is 5.27. The van der Waals surface area contributed by atoms with E-state index in [1.165, 1.54) is 17.4 Å². The Bertz CT molecular complexity index is 580. The number of pyridine rings is 1. The fourth-order valence-electron chi connectivity index (χ4n) is 1.71. The summed E-state index contributed by atoms with van der Waals surface area (Å²) in [6.07, 6.45) is 7.63. The van der Waals surface area contributed by atoms with Crippen LogP contribution in [0, 0.1) is 0 Å². The highest BCUT2D eigenvalue weighted by molar-refractivity contribution is 5.38. The first-order chi connectivity index (χ1) is 7.75. The molecular weight excluding hydrogens is 204 g/mol. The van der Waals surface area contributed by atoms with Gasteiger partial charge in [0.1, 0.15) is 0 Å². The SMILES string of the molecule is Nc1cccn(-c2cnn(C3CC3)c2)c1=O. The molecule has 1 fully saturated rings. The molecule has 1 aliphatic rings. The molecule has 0 spiro atoms. The summed E-state index contributed by atoms with van der Waals surface area (Å²) < 4.78 is 3.42. The Hall–Kier alpha value is -2.04. The van der Waals surface area contributed by atoms with Crippen molar-refractivity contribution in [2.24, 2.45) is 0 Å². The van der Waals surface area contributed by atoms with Crippen LogP contribution in [0.5, 0.6) is 0 Å². The molecule has 0 radical (unpaired) electrons. The molecule has 2 N–H and O–H groups in total. The molecule has 0 unspecified atom stereocenters. The van der Waals surface area contributed by atoms with Crippen LogP contribution in [0.4, 0.5) is 5.69 Å². The van der Waals surface area contributed by atoms with Gasteiger partial charge in [-0.1, -0.05) is 0 Å². The zero-order chi connectivity index (χ0) is 11.1. The van der Waals surface area contributed by atoms with Gasteiger partial charge in [0.2, 0.25) is 0 Å². The molecule has 0 amide bonds. The lowest BCUT2D eigenvalue weighted by molar-refractivity contribution is 0.641. The van der Waals surface area contributed by atoms with Crippen molar-refractivity contribution in [2.45, 2.75) is 18.9 Å². The van der Waals surface area contributed by atoms with Crippen LogP contribution in [0.3, 0.4) is 0 Å². The Morgan fingerprint density at radius 1 is 1.44 bits per heavy atom. The van der Waals surface area contributed by atoms with E-state index in [2.05, 4.69) is 5.10 Å². The van der Waals surface area contributed by atoms with Crippen molar-refractivity contribution in [2.75, 3.05) is 5.73 Å². The average Bonchev–Trinajstić information content (AvgIpc) is 3.02. The number of nitrogen functional groups attached to an aromatic ring is 1. The minimum Gasteiger partial charge on any atom is -0.394 e. The van der Waals surface area contributed by atoms with Crippen LogP contribution < -0.4 is 11.3 Å². The Morgan fingerprint density at radius 3 is 3.00 bits per heavy atom. The maximum atomic E-state index is 11.8. The van der Waals surface area contributed by atoms with Crippen molar-refractivity contribution in [3.63, 3.8) is 0 Å². The molecular formula is C11H12N4O. The molecule has 5 heteroatoms. The third kappa shape index (κ3) is 1.41. The van der Waals surface area contributed by atoms with Gasteiger partial charge in [0, 0.05) is 12.4 Å². The van der Waals surface area contributed by atoms with Crippen molar-refractivity contribution in [1.82, 2.24) is 14.3 Å². The minimum atomic E-state index is -0.196. The van der Waals surface area contributed by atoms with Crippen molar-refractivity contribution in [3.8, 4) is 5.69 Å². The van der Waals surface area contributed by atoms with E-state index in [4.69, 9.17) is 5.73 Å². The minimum absolute atomic E-state index is 0.196. The van der Waals surface area contributed by atoms with Gasteiger partial charge in [-0.05, 0) is 25.0 Å². The highest BCUT2D eigenvalue weighted by atomic mass is 16.1. The third-order valence-corrected chi connectivity index (χ3v) is 2.76. The second kappa shape index (κ2) is 3.23. The van der Waals surface area contributed by atoms with Crippen LogP contribution in [-0.4, -0.2) is 14.3 Å². The average molecular weight is 216 g/mol. The summed E-state index contributed by atoms with van der Waals surface area (Å²) in [5.74, 6) is 0. The van der Waals surface area contributed by atoms with Crippen molar-refractivity contribution in [1.29, 1.82) is 0 Å². The summed E-state index contributed by atoms with van der Waals surface area (Å²) in [5, 5.41) is 4.24. The molecule has 0 saturated heterocycles. The van der Waals surface area contributed by atoms with Gasteiger partial charge in [0.25, 0.3) is 5.56 Å². The summed E-state index contributed by atoms with van der Waals surface area (Å²) in [6.45, 7) is 0. The van der Waals surface area contributed by atoms with Crippen LogP contribution in [0.25, 0.3) is 5.69 Å². The topological polar surface area (TPSA) is 65.8 Å². The normalized spacial score (nSPS) is 15.2. The molecule has 0 bridgehead atoms. The van der Waals surface area contributed by atoms with E-state index in [1.807, 2.05) is 10.9 Å². The number of aromatic nitrogens is 3. The van der Waals surface area contributed by atoms with Gasteiger partial charge in [-0.3, -0.25) is 14.0 Å². The number of anilines is 1. The van der Waals surface area contributed by atoms with Gasteiger partial charge in [0.15, 0.2) is 0 Å².